The Morgan fingerprint density at radius 2 is 1.89 bits per heavy atom. The zero-order valence-corrected chi connectivity index (χ0v) is 11.9. The highest BCUT2D eigenvalue weighted by Gasteiger charge is 2.26. The Kier molecular flexibility index (Phi) is 5.74. The number of sulfone groups is 1. The summed E-state index contributed by atoms with van der Waals surface area (Å²) in [4.78, 5) is 24.5. The van der Waals surface area contributed by atoms with E-state index in [9.17, 15) is 18.0 Å². The first kappa shape index (κ1) is 15.9. The summed E-state index contributed by atoms with van der Waals surface area (Å²) in [5, 5.41) is 3.17. The largest absolute Gasteiger partial charge is 0.368 e. The number of piperidine rings is 1. The molecule has 0 aromatic rings. The quantitative estimate of drug-likeness (QED) is 0.618. The summed E-state index contributed by atoms with van der Waals surface area (Å²) < 4.78 is 22.2. The smallest absolute Gasteiger partial charge is 0.237 e. The van der Waals surface area contributed by atoms with E-state index in [0.29, 0.717) is 0 Å². The highest BCUT2D eigenvalue weighted by atomic mass is 32.2. The van der Waals surface area contributed by atoms with E-state index < -0.39 is 15.7 Å². The molecule has 8 heteroatoms. The maximum Gasteiger partial charge on any atom is 0.237 e. The molecule has 0 spiro atoms. The second-order valence-electron chi connectivity index (χ2n) is 4.85. The van der Waals surface area contributed by atoms with Crippen molar-refractivity contribution in [1.29, 1.82) is 0 Å². The van der Waals surface area contributed by atoms with E-state index in [-0.39, 0.29) is 30.7 Å². The van der Waals surface area contributed by atoms with Crippen molar-refractivity contribution >= 4 is 21.7 Å². The van der Waals surface area contributed by atoms with Crippen molar-refractivity contribution in [2.45, 2.75) is 25.3 Å². The Hall–Kier alpha value is -1.15. The minimum Gasteiger partial charge on any atom is -0.368 e. The number of carbonyl (C=O) groups excluding carboxylic acids is 2. The highest BCUT2D eigenvalue weighted by Crippen LogP contribution is 2.13. The third-order valence-electron chi connectivity index (χ3n) is 3.08. The fraction of sp³-hybridized carbons (Fsp3) is 0.818. The van der Waals surface area contributed by atoms with Crippen LogP contribution >= 0.6 is 0 Å². The van der Waals surface area contributed by atoms with Crippen molar-refractivity contribution in [1.82, 2.24) is 10.2 Å². The van der Waals surface area contributed by atoms with Gasteiger partial charge in [0.1, 0.15) is 9.84 Å². The van der Waals surface area contributed by atoms with Gasteiger partial charge >= 0.3 is 0 Å². The maximum absolute atomic E-state index is 12.1. The maximum atomic E-state index is 12.1. The molecule has 0 radical (unpaired) electrons. The summed E-state index contributed by atoms with van der Waals surface area (Å²) in [6.45, 7) is 1.41. The van der Waals surface area contributed by atoms with Crippen LogP contribution in [0.4, 0.5) is 0 Å². The average molecular weight is 291 g/mol. The van der Waals surface area contributed by atoms with Crippen LogP contribution in [0.25, 0.3) is 0 Å². The number of hydrogen-bond donors (Lipinski definition) is 2. The van der Waals surface area contributed by atoms with Gasteiger partial charge < -0.3 is 16.0 Å². The Labute approximate surface area is 113 Å². The predicted molar refractivity (Wildman–Crippen MR) is 71.1 cm³/mol. The van der Waals surface area contributed by atoms with Crippen molar-refractivity contribution in [3.05, 3.63) is 0 Å². The van der Waals surface area contributed by atoms with Crippen LogP contribution in [0.5, 0.6) is 0 Å². The van der Waals surface area contributed by atoms with Gasteiger partial charge in [-0.05, 0) is 25.9 Å². The lowest BCUT2D eigenvalue weighted by atomic mass is 10.0. The summed E-state index contributed by atoms with van der Waals surface area (Å²) in [6.07, 6.45) is 2.48. The fourth-order valence-electron chi connectivity index (χ4n) is 2.12. The molecule has 1 aliphatic heterocycles. The molecule has 7 nitrogen and oxygen atoms in total. The summed E-state index contributed by atoms with van der Waals surface area (Å²) in [6, 6.07) is -0.0409. The van der Waals surface area contributed by atoms with Crippen LogP contribution in [0.2, 0.25) is 0 Å². The molecule has 0 aromatic heterocycles. The van der Waals surface area contributed by atoms with E-state index in [1.54, 1.807) is 0 Å². The standard InChI is InChI=1S/C11H21N3O4S/c1-19(17,18)7-4-11(16)14(8-10(12)15)9-2-5-13-6-3-9/h9,13H,2-8H2,1H3,(H2,12,15). The Morgan fingerprint density at radius 1 is 1.32 bits per heavy atom. The van der Waals surface area contributed by atoms with E-state index in [4.69, 9.17) is 5.73 Å². The number of amides is 2. The molecule has 0 saturated carbocycles. The van der Waals surface area contributed by atoms with Crippen LogP contribution in [0, 0.1) is 0 Å². The molecule has 0 aromatic carbocycles. The minimum absolute atomic E-state index is 0.0409. The SMILES string of the molecule is CS(=O)(=O)CCC(=O)N(CC(N)=O)C1CCNCC1. The van der Waals surface area contributed by atoms with Crippen LogP contribution in [-0.2, 0) is 19.4 Å². The van der Waals surface area contributed by atoms with E-state index in [2.05, 4.69) is 5.32 Å². The molecule has 0 unspecified atom stereocenters. The van der Waals surface area contributed by atoms with Gasteiger partial charge in [-0.3, -0.25) is 9.59 Å². The normalized spacial score (nSPS) is 17.1. The van der Waals surface area contributed by atoms with Crippen LogP contribution in [0.3, 0.4) is 0 Å². The van der Waals surface area contributed by atoms with Gasteiger partial charge in [0.05, 0.1) is 12.3 Å². The first-order chi connectivity index (χ1) is 8.79. The van der Waals surface area contributed by atoms with Crippen molar-refractivity contribution in [3.8, 4) is 0 Å². The Morgan fingerprint density at radius 3 is 2.37 bits per heavy atom. The van der Waals surface area contributed by atoms with Crippen molar-refractivity contribution in [3.63, 3.8) is 0 Å². The zero-order valence-electron chi connectivity index (χ0n) is 11.1. The average Bonchev–Trinajstić information content (AvgIpc) is 2.33. The predicted octanol–water partition coefficient (Wildman–Crippen LogP) is -1.51. The lowest BCUT2D eigenvalue weighted by Gasteiger charge is -2.34. The molecule has 110 valence electrons. The fourth-order valence-corrected chi connectivity index (χ4v) is 2.67. The monoisotopic (exact) mass is 291 g/mol. The summed E-state index contributed by atoms with van der Waals surface area (Å²) >= 11 is 0. The van der Waals surface area contributed by atoms with Gasteiger partial charge in [-0.1, -0.05) is 0 Å². The molecule has 3 N–H and O–H groups in total. The molecule has 0 aliphatic carbocycles. The Bertz CT molecular complexity index is 429. The lowest BCUT2D eigenvalue weighted by Crippen LogP contribution is -2.49. The number of nitrogens with one attached hydrogen (secondary N) is 1. The molecular weight excluding hydrogens is 270 g/mol. The van der Waals surface area contributed by atoms with Gasteiger partial charge in [0.2, 0.25) is 11.8 Å². The van der Waals surface area contributed by atoms with Crippen molar-refractivity contribution in [2.24, 2.45) is 5.73 Å². The molecule has 19 heavy (non-hydrogen) atoms. The van der Waals surface area contributed by atoms with E-state index in [1.807, 2.05) is 0 Å². The Balaban J connectivity index is 2.66. The molecular formula is C11H21N3O4S. The number of hydrogen-bond acceptors (Lipinski definition) is 5. The molecule has 1 aliphatic rings. The minimum atomic E-state index is -3.19. The van der Waals surface area contributed by atoms with E-state index in [1.165, 1.54) is 4.90 Å². The van der Waals surface area contributed by atoms with Crippen molar-refractivity contribution in [2.75, 3.05) is 31.6 Å². The van der Waals surface area contributed by atoms with E-state index >= 15 is 0 Å². The van der Waals surface area contributed by atoms with Gasteiger partial charge in [0.15, 0.2) is 0 Å². The third kappa shape index (κ3) is 6.02. The second kappa shape index (κ2) is 6.85. The molecule has 0 atom stereocenters. The third-order valence-corrected chi connectivity index (χ3v) is 4.03. The number of nitrogens with two attached hydrogens (primary N) is 1. The number of nitrogens with zero attached hydrogens (tertiary/aromatic N) is 1. The van der Waals surface area contributed by atoms with Gasteiger partial charge in [-0.25, -0.2) is 8.42 Å². The molecule has 2 amide bonds. The topological polar surface area (TPSA) is 110 Å². The zero-order chi connectivity index (χ0) is 14.5. The number of carbonyl (C=O) groups is 2. The number of primary amides is 1. The summed E-state index contributed by atoms with van der Waals surface area (Å²) in [5.74, 6) is -1.10. The van der Waals surface area contributed by atoms with Gasteiger partial charge in [0, 0.05) is 18.7 Å². The molecule has 0 bridgehead atoms. The van der Waals surface area contributed by atoms with Crippen molar-refractivity contribution < 1.29 is 18.0 Å². The van der Waals surface area contributed by atoms with Crippen LogP contribution in [0.15, 0.2) is 0 Å². The van der Waals surface area contributed by atoms with Crippen LogP contribution < -0.4 is 11.1 Å². The van der Waals surface area contributed by atoms with Crippen LogP contribution in [0.1, 0.15) is 19.3 Å². The molecule has 1 rings (SSSR count). The molecule has 1 saturated heterocycles. The summed E-state index contributed by atoms with van der Waals surface area (Å²) in [5.41, 5.74) is 5.15. The highest BCUT2D eigenvalue weighted by molar-refractivity contribution is 7.90. The first-order valence-corrected chi connectivity index (χ1v) is 8.32. The van der Waals surface area contributed by atoms with Gasteiger partial charge in [-0.15, -0.1) is 0 Å². The van der Waals surface area contributed by atoms with E-state index in [0.717, 1.165) is 32.2 Å². The first-order valence-electron chi connectivity index (χ1n) is 6.26. The lowest BCUT2D eigenvalue weighted by molar-refractivity contribution is -0.137. The second-order valence-corrected chi connectivity index (χ2v) is 7.11. The molecule has 1 heterocycles. The summed E-state index contributed by atoms with van der Waals surface area (Å²) in [7, 11) is -3.19. The van der Waals surface area contributed by atoms with Gasteiger partial charge in [0.25, 0.3) is 0 Å². The molecule has 1 fully saturated rings. The number of rotatable bonds is 6. The van der Waals surface area contributed by atoms with Crippen LogP contribution in [-0.4, -0.2) is 62.8 Å². The van der Waals surface area contributed by atoms with Gasteiger partial charge in [-0.2, -0.15) is 0 Å².